The topological polar surface area (TPSA) is 130 Å². The number of nitrogens with zero attached hydrogens (tertiary/aromatic N) is 3. The van der Waals surface area contributed by atoms with E-state index in [2.05, 4.69) is 5.10 Å². The van der Waals surface area contributed by atoms with Gasteiger partial charge in [-0.2, -0.15) is 17.9 Å². The number of hydrogen-bond donors (Lipinski definition) is 1. The minimum absolute atomic E-state index is 0. The largest absolute Gasteiger partial charge is 1.00 e. The molecule has 1 amide bonds. The molecule has 0 unspecified atom stereocenters. The summed E-state index contributed by atoms with van der Waals surface area (Å²) in [7, 11) is -3.97. The average Bonchev–Trinajstić information content (AvgIpc) is 2.86. The fraction of sp³-hybridized carbons (Fsp3) is 0.389. The Morgan fingerprint density at radius 1 is 1.34 bits per heavy atom. The van der Waals surface area contributed by atoms with Crippen LogP contribution in [0.25, 0.3) is 0 Å². The number of aliphatic carboxylic acids is 1. The fourth-order valence-electron chi connectivity index (χ4n) is 4.24. The first-order valence-corrected chi connectivity index (χ1v) is 10.2. The van der Waals surface area contributed by atoms with Gasteiger partial charge in [0.25, 0.3) is 10.0 Å². The number of carboxylic acid groups (broad SMARTS) is 1. The van der Waals surface area contributed by atoms with Crippen LogP contribution in [0, 0.1) is 11.8 Å². The number of amides is 1. The van der Waals surface area contributed by atoms with Gasteiger partial charge in [-0.1, -0.05) is 25.1 Å². The van der Waals surface area contributed by atoms with Crippen molar-refractivity contribution in [3.05, 3.63) is 41.1 Å². The molecule has 1 saturated heterocycles. The second-order valence-electron chi connectivity index (χ2n) is 7.18. The molecule has 3 aliphatic rings. The van der Waals surface area contributed by atoms with Gasteiger partial charge >= 0.3 is 29.6 Å². The number of carbonyl (C=O) groups is 2. The molecule has 1 aromatic carbocycles. The summed E-state index contributed by atoms with van der Waals surface area (Å²) in [5, 5.41) is 25.6. The summed E-state index contributed by atoms with van der Waals surface area (Å²) >= 11 is 0. The minimum Gasteiger partial charge on any atom is -0.543 e. The van der Waals surface area contributed by atoms with Crippen molar-refractivity contribution in [3.8, 4) is 0 Å². The molecule has 0 saturated carbocycles. The van der Waals surface area contributed by atoms with Gasteiger partial charge in [-0.3, -0.25) is 4.79 Å². The number of hydrazone groups is 1. The van der Waals surface area contributed by atoms with Gasteiger partial charge in [0, 0.05) is 11.5 Å². The van der Waals surface area contributed by atoms with E-state index >= 15 is 0 Å². The number of aliphatic hydroxyl groups is 1. The standard InChI is InChI=1S/C18H19N3O6S.Na/c1-9-12(16(18(24)25)21-15(9)14(10(2)22)17(21)23)8-20-19-7-11-5-3-4-6-13(11)28(20,26)27;/h3-7,9-10,14-15,22H,8H2,1-2H3,(H,24,25);/q;+1/p-1/t9-,10+,14+,15+;/m0./s1. The van der Waals surface area contributed by atoms with Crippen molar-refractivity contribution in [2.75, 3.05) is 6.54 Å². The summed E-state index contributed by atoms with van der Waals surface area (Å²) in [6.07, 6.45) is 0.454. The van der Waals surface area contributed by atoms with Crippen molar-refractivity contribution in [1.29, 1.82) is 0 Å². The average molecular weight is 427 g/mol. The minimum atomic E-state index is -3.97. The quantitative estimate of drug-likeness (QED) is 0.384. The van der Waals surface area contributed by atoms with Crippen LogP contribution in [0.15, 0.2) is 45.5 Å². The molecule has 1 N–H and O–H groups in total. The molecule has 29 heavy (non-hydrogen) atoms. The van der Waals surface area contributed by atoms with Gasteiger partial charge in [0.1, 0.15) is 0 Å². The summed E-state index contributed by atoms with van der Waals surface area (Å²) in [6, 6.07) is 5.82. The van der Waals surface area contributed by atoms with Crippen LogP contribution in [0.3, 0.4) is 0 Å². The van der Waals surface area contributed by atoms with Crippen molar-refractivity contribution in [2.45, 2.75) is 30.9 Å². The van der Waals surface area contributed by atoms with Gasteiger partial charge in [0.2, 0.25) is 5.91 Å². The number of sulfonamides is 1. The summed E-state index contributed by atoms with van der Waals surface area (Å²) in [5.41, 5.74) is 0.353. The number of rotatable bonds is 4. The summed E-state index contributed by atoms with van der Waals surface area (Å²) in [6.45, 7) is 2.86. The SMILES string of the molecule is C[C@@H](O)[C@H]1C(=O)N2C(C(=O)[O-])=C(CN3N=Cc4ccccc4S3(=O)=O)[C@H](C)[C@H]12.[Na+]. The third-order valence-corrected chi connectivity index (χ3v) is 7.32. The number of carboxylic acids is 1. The third-order valence-electron chi connectivity index (χ3n) is 5.61. The van der Waals surface area contributed by atoms with Crippen LogP contribution in [-0.4, -0.2) is 59.6 Å². The number of aliphatic hydroxyl groups excluding tert-OH is 1. The number of fused-ring (bicyclic) bond motifs is 2. The maximum atomic E-state index is 12.9. The molecule has 0 bridgehead atoms. The van der Waals surface area contributed by atoms with Crippen molar-refractivity contribution in [2.24, 2.45) is 16.9 Å². The zero-order chi connectivity index (χ0) is 20.4. The van der Waals surface area contributed by atoms with Crippen molar-refractivity contribution >= 4 is 28.1 Å². The van der Waals surface area contributed by atoms with Crippen LogP contribution >= 0.6 is 0 Å². The monoisotopic (exact) mass is 427 g/mol. The molecular formula is C18H18N3NaO6S. The van der Waals surface area contributed by atoms with Crippen LogP contribution in [0.5, 0.6) is 0 Å². The molecule has 0 radical (unpaired) electrons. The predicted octanol–water partition coefficient (Wildman–Crippen LogP) is -4.11. The molecule has 1 aromatic rings. The summed E-state index contributed by atoms with van der Waals surface area (Å²) in [5.74, 6) is -3.26. The molecule has 0 spiro atoms. The number of carbonyl (C=O) groups excluding carboxylic acids is 2. The molecule has 3 aliphatic heterocycles. The molecule has 148 valence electrons. The third kappa shape index (κ3) is 3.14. The molecule has 0 aromatic heterocycles. The zero-order valence-corrected chi connectivity index (χ0v) is 19.0. The molecule has 1 fully saturated rings. The summed E-state index contributed by atoms with van der Waals surface area (Å²) < 4.78 is 26.6. The van der Waals surface area contributed by atoms with Gasteiger partial charge in [0.15, 0.2) is 0 Å². The molecule has 3 heterocycles. The van der Waals surface area contributed by atoms with E-state index in [1.54, 1.807) is 25.1 Å². The first kappa shape index (κ1) is 22.0. The van der Waals surface area contributed by atoms with E-state index in [-0.39, 0.29) is 52.3 Å². The molecule has 4 rings (SSSR count). The van der Waals surface area contributed by atoms with Gasteiger partial charge in [-0.15, -0.1) is 0 Å². The van der Waals surface area contributed by atoms with Gasteiger partial charge in [0.05, 0.1) is 47.4 Å². The van der Waals surface area contributed by atoms with E-state index in [0.29, 0.717) is 5.56 Å². The van der Waals surface area contributed by atoms with Crippen LogP contribution in [-0.2, 0) is 19.6 Å². The van der Waals surface area contributed by atoms with Crippen molar-refractivity contribution in [1.82, 2.24) is 9.31 Å². The maximum Gasteiger partial charge on any atom is 1.00 e. The van der Waals surface area contributed by atoms with Gasteiger partial charge in [-0.25, -0.2) is 0 Å². The number of β-lactam (4-membered cyclic amide) rings is 1. The number of hydrogen-bond acceptors (Lipinski definition) is 7. The number of benzene rings is 1. The van der Waals surface area contributed by atoms with E-state index in [0.717, 1.165) is 9.31 Å². The van der Waals surface area contributed by atoms with E-state index in [4.69, 9.17) is 0 Å². The van der Waals surface area contributed by atoms with E-state index in [9.17, 15) is 28.2 Å². The Morgan fingerprint density at radius 2 is 2.00 bits per heavy atom. The van der Waals surface area contributed by atoms with Gasteiger partial charge < -0.3 is 19.9 Å². The first-order chi connectivity index (χ1) is 13.2. The molecular weight excluding hydrogens is 409 g/mol. The Hall–Kier alpha value is -1.72. The second-order valence-corrected chi connectivity index (χ2v) is 8.99. The van der Waals surface area contributed by atoms with Crippen molar-refractivity contribution in [3.63, 3.8) is 0 Å². The Labute approximate surface area is 190 Å². The Balaban J connectivity index is 0.00000240. The molecule has 0 aliphatic carbocycles. The van der Waals surface area contributed by atoms with Crippen LogP contribution < -0.4 is 34.7 Å². The molecule has 9 nitrogen and oxygen atoms in total. The molecule has 4 atom stereocenters. The molecule has 11 heteroatoms. The normalized spacial score (nSPS) is 27.7. The van der Waals surface area contributed by atoms with Crippen LogP contribution in [0.2, 0.25) is 0 Å². The van der Waals surface area contributed by atoms with E-state index in [1.807, 2.05) is 0 Å². The zero-order valence-electron chi connectivity index (χ0n) is 16.1. The predicted molar refractivity (Wildman–Crippen MR) is 94.9 cm³/mol. The van der Waals surface area contributed by atoms with Crippen LogP contribution in [0.1, 0.15) is 19.4 Å². The Kier molecular flexibility index (Phi) is 5.69. The summed E-state index contributed by atoms with van der Waals surface area (Å²) in [4.78, 5) is 25.3. The Bertz CT molecular complexity index is 1050. The van der Waals surface area contributed by atoms with Crippen LogP contribution in [0.4, 0.5) is 0 Å². The smallest absolute Gasteiger partial charge is 0.543 e. The van der Waals surface area contributed by atoms with Gasteiger partial charge in [-0.05, 0) is 18.6 Å². The fourth-order valence-corrected chi connectivity index (χ4v) is 5.61. The van der Waals surface area contributed by atoms with E-state index < -0.39 is 45.9 Å². The Morgan fingerprint density at radius 3 is 2.62 bits per heavy atom. The first-order valence-electron chi connectivity index (χ1n) is 8.77. The van der Waals surface area contributed by atoms with Crippen molar-refractivity contribution < 1.29 is 57.8 Å². The van der Waals surface area contributed by atoms with E-state index in [1.165, 1.54) is 19.2 Å². The second kappa shape index (κ2) is 7.51. The maximum absolute atomic E-state index is 12.9.